The van der Waals surface area contributed by atoms with Crippen LogP contribution in [0.25, 0.3) is 0 Å². The Morgan fingerprint density at radius 2 is 0.985 bits per heavy atom. The second kappa shape index (κ2) is 31.1. The van der Waals surface area contributed by atoms with Crippen molar-refractivity contribution in [3.8, 4) is 0 Å². The summed E-state index contributed by atoms with van der Waals surface area (Å²) in [5.41, 5.74) is 11.6. The first-order valence-corrected chi connectivity index (χ1v) is 22.4. The summed E-state index contributed by atoms with van der Waals surface area (Å²) in [4.78, 5) is 140. The molecule has 26 nitrogen and oxygen atoms in total. The predicted molar refractivity (Wildman–Crippen MR) is 243 cm³/mol. The molecule has 9 atom stereocenters. The van der Waals surface area contributed by atoms with Crippen molar-refractivity contribution in [2.75, 3.05) is 26.2 Å². The van der Waals surface area contributed by atoms with Crippen LogP contribution in [0.1, 0.15) is 94.4 Å². The Bertz CT molecular complexity index is 1740. The third-order valence-corrected chi connectivity index (χ3v) is 10.2. The third-order valence-electron chi connectivity index (χ3n) is 10.2. The number of carboxylic acid groups (broad SMARTS) is 2. The Kier molecular flexibility index (Phi) is 28.4. The standard InChI is InChI=1S/C42H75N11O15/c1-19(2)14-25(49-39(64)31(44)20(3)4)36(61)47-24(12-10-11-13-43)35(60)52-32(21(5)6)40(65)46-16-28(56)45-17-29(57)51-34(23(9)55)41(66)50-27(18-54)38(63)48-26(15-30(58)59)37(62)53-33(22(7)8)42(67)68/h19-27,31-34,54-55H,10-18,43-44H2,1-9H3,(H,45,56)(H,46,65)(H,47,61)(H,48,63)(H,49,64)(H,50,66)(H,51,57)(H,52,60)(H,53,62)(H,58,59)(H,67,68)/t23-,24+,25+,26+,27+,31+,32+,33+,34+/m1/s1. The number of carbonyl (C=O) groups is 11. The van der Waals surface area contributed by atoms with Crippen molar-refractivity contribution in [2.45, 2.75) is 149 Å². The van der Waals surface area contributed by atoms with Gasteiger partial charge in [0.05, 0.1) is 38.3 Å². The molecule has 0 saturated carbocycles. The molecule has 0 bridgehead atoms. The van der Waals surface area contributed by atoms with Crippen LogP contribution < -0.4 is 59.3 Å². The van der Waals surface area contributed by atoms with Gasteiger partial charge in [-0.15, -0.1) is 0 Å². The van der Waals surface area contributed by atoms with Crippen molar-refractivity contribution in [1.82, 2.24) is 47.9 Å². The molecule has 0 aromatic rings. The van der Waals surface area contributed by atoms with E-state index in [4.69, 9.17) is 11.5 Å². The van der Waals surface area contributed by atoms with Crippen molar-refractivity contribution in [2.24, 2.45) is 35.1 Å². The number of amides is 9. The molecule has 17 N–H and O–H groups in total. The average molecular weight is 974 g/mol. The van der Waals surface area contributed by atoms with Gasteiger partial charge in [-0.1, -0.05) is 55.4 Å². The molecule has 68 heavy (non-hydrogen) atoms. The molecule has 0 saturated heterocycles. The van der Waals surface area contributed by atoms with Crippen LogP contribution in [0.4, 0.5) is 0 Å². The highest BCUT2D eigenvalue weighted by Crippen LogP contribution is 2.11. The van der Waals surface area contributed by atoms with Crippen LogP contribution in [-0.2, 0) is 52.7 Å². The van der Waals surface area contributed by atoms with Gasteiger partial charge in [0.1, 0.15) is 42.3 Å². The van der Waals surface area contributed by atoms with Gasteiger partial charge in [0.15, 0.2) is 0 Å². The van der Waals surface area contributed by atoms with Gasteiger partial charge in [0.25, 0.3) is 0 Å². The molecular weight excluding hydrogens is 899 g/mol. The summed E-state index contributed by atoms with van der Waals surface area (Å²) in [5, 5.41) is 59.7. The second-order valence-electron chi connectivity index (χ2n) is 17.8. The maximum Gasteiger partial charge on any atom is 0.326 e. The maximum absolute atomic E-state index is 13.6. The monoisotopic (exact) mass is 974 g/mol. The molecular formula is C42H75N11O15. The second-order valence-corrected chi connectivity index (χ2v) is 17.8. The van der Waals surface area contributed by atoms with Gasteiger partial charge in [-0.3, -0.25) is 47.9 Å². The topological polar surface area (TPSA) is 429 Å². The van der Waals surface area contributed by atoms with E-state index in [-0.39, 0.29) is 24.7 Å². The zero-order valence-corrected chi connectivity index (χ0v) is 40.3. The fourth-order valence-electron chi connectivity index (χ4n) is 6.12. The number of aliphatic carboxylic acids is 2. The first-order valence-electron chi connectivity index (χ1n) is 22.4. The van der Waals surface area contributed by atoms with Crippen LogP contribution in [0.5, 0.6) is 0 Å². The molecule has 0 rings (SSSR count). The Hall–Kier alpha value is -5.99. The van der Waals surface area contributed by atoms with E-state index in [0.717, 1.165) is 6.92 Å². The van der Waals surface area contributed by atoms with Crippen LogP contribution in [0.3, 0.4) is 0 Å². The summed E-state index contributed by atoms with van der Waals surface area (Å²) in [6.07, 6.45) is -1.32. The largest absolute Gasteiger partial charge is 0.481 e. The molecule has 0 aliphatic carbocycles. The Balaban J connectivity index is 5.69. The molecule has 0 aliphatic rings. The molecule has 9 amide bonds. The zero-order chi connectivity index (χ0) is 52.6. The number of hydrogen-bond acceptors (Lipinski definition) is 15. The molecule has 388 valence electrons. The van der Waals surface area contributed by atoms with E-state index < -0.39 is 157 Å². The minimum atomic E-state index is -1.87. The number of carbonyl (C=O) groups excluding carboxylic acids is 9. The minimum absolute atomic E-state index is 0.0286. The molecule has 0 heterocycles. The molecule has 26 heteroatoms. The fourth-order valence-corrected chi connectivity index (χ4v) is 6.12. The number of carboxylic acids is 2. The Labute approximate surface area is 395 Å². The van der Waals surface area contributed by atoms with Gasteiger partial charge in [-0.25, -0.2) is 4.79 Å². The zero-order valence-electron chi connectivity index (χ0n) is 40.3. The summed E-state index contributed by atoms with van der Waals surface area (Å²) in [7, 11) is 0. The maximum atomic E-state index is 13.6. The number of aliphatic hydroxyl groups excluding tert-OH is 2. The number of aliphatic hydroxyl groups is 2. The fraction of sp³-hybridized carbons (Fsp3) is 0.738. The smallest absolute Gasteiger partial charge is 0.326 e. The van der Waals surface area contributed by atoms with Crippen LogP contribution in [0.2, 0.25) is 0 Å². The van der Waals surface area contributed by atoms with Gasteiger partial charge >= 0.3 is 11.9 Å². The number of nitrogens with one attached hydrogen (secondary N) is 9. The van der Waals surface area contributed by atoms with Crippen LogP contribution in [0, 0.1) is 23.7 Å². The number of nitrogens with two attached hydrogens (primary N) is 2. The van der Waals surface area contributed by atoms with Gasteiger partial charge in [-0.2, -0.15) is 0 Å². The van der Waals surface area contributed by atoms with Crippen LogP contribution in [-0.4, -0.2) is 166 Å². The molecule has 0 spiro atoms. The molecule has 0 aromatic heterocycles. The summed E-state index contributed by atoms with van der Waals surface area (Å²) in [6.45, 7) is 12.2. The molecule has 0 unspecified atom stereocenters. The summed E-state index contributed by atoms with van der Waals surface area (Å²) < 4.78 is 0. The number of hydrogen-bond donors (Lipinski definition) is 15. The summed E-state index contributed by atoms with van der Waals surface area (Å²) in [6, 6.07) is -11.2. The molecule has 0 aliphatic heterocycles. The van der Waals surface area contributed by atoms with Crippen molar-refractivity contribution in [1.29, 1.82) is 0 Å². The Morgan fingerprint density at radius 1 is 0.500 bits per heavy atom. The molecule has 0 aromatic carbocycles. The van der Waals surface area contributed by atoms with E-state index in [9.17, 15) is 73.2 Å². The average Bonchev–Trinajstić information content (AvgIpc) is 3.24. The van der Waals surface area contributed by atoms with Gasteiger partial charge < -0.3 is 79.7 Å². The predicted octanol–water partition coefficient (Wildman–Crippen LogP) is -4.98. The quantitative estimate of drug-likeness (QED) is 0.0281. The van der Waals surface area contributed by atoms with Gasteiger partial charge in [0, 0.05) is 0 Å². The van der Waals surface area contributed by atoms with Crippen molar-refractivity contribution in [3.05, 3.63) is 0 Å². The lowest BCUT2D eigenvalue weighted by atomic mass is 9.99. The normalized spacial score (nSPS) is 15.2. The van der Waals surface area contributed by atoms with E-state index in [1.807, 2.05) is 19.2 Å². The lowest BCUT2D eigenvalue weighted by Crippen LogP contribution is -2.61. The highest BCUT2D eigenvalue weighted by molar-refractivity contribution is 5.98. The summed E-state index contributed by atoms with van der Waals surface area (Å²) in [5.74, 6) is -12.7. The van der Waals surface area contributed by atoms with E-state index >= 15 is 0 Å². The SMILES string of the molecule is CC(C)C[C@H](NC(=O)[C@@H](N)C(C)C)C(=O)N[C@@H](CCCCN)C(=O)N[C@H](C(=O)NCC(=O)NCC(=O)N[C@H](C(=O)N[C@@H](CO)C(=O)N[C@@H](CC(=O)O)C(=O)N[C@H](C(=O)O)C(C)C)[C@@H](C)O)C(C)C. The highest BCUT2D eigenvalue weighted by Gasteiger charge is 2.35. The molecule has 0 fully saturated rings. The van der Waals surface area contributed by atoms with E-state index in [2.05, 4.69) is 42.5 Å². The molecule has 0 radical (unpaired) electrons. The lowest BCUT2D eigenvalue weighted by molar-refractivity contribution is -0.144. The van der Waals surface area contributed by atoms with E-state index in [1.165, 1.54) is 13.8 Å². The number of rotatable bonds is 32. The van der Waals surface area contributed by atoms with Gasteiger partial charge in [-0.05, 0) is 62.8 Å². The van der Waals surface area contributed by atoms with E-state index in [1.54, 1.807) is 27.7 Å². The van der Waals surface area contributed by atoms with Crippen molar-refractivity contribution < 1.29 is 73.2 Å². The van der Waals surface area contributed by atoms with Crippen LogP contribution in [0.15, 0.2) is 0 Å². The van der Waals surface area contributed by atoms with Crippen molar-refractivity contribution >= 4 is 65.1 Å². The van der Waals surface area contributed by atoms with Crippen molar-refractivity contribution in [3.63, 3.8) is 0 Å². The first kappa shape index (κ1) is 62.0. The highest BCUT2D eigenvalue weighted by atomic mass is 16.4. The number of unbranched alkanes of at least 4 members (excludes halogenated alkanes) is 1. The van der Waals surface area contributed by atoms with Gasteiger partial charge in [0.2, 0.25) is 53.2 Å². The minimum Gasteiger partial charge on any atom is -0.481 e. The Morgan fingerprint density at radius 3 is 1.47 bits per heavy atom. The first-order chi connectivity index (χ1) is 31.6. The summed E-state index contributed by atoms with van der Waals surface area (Å²) >= 11 is 0. The lowest BCUT2D eigenvalue weighted by Gasteiger charge is -2.28. The third kappa shape index (κ3) is 23.1. The van der Waals surface area contributed by atoms with E-state index in [0.29, 0.717) is 19.4 Å². The van der Waals surface area contributed by atoms with Crippen LogP contribution >= 0.6 is 0 Å².